The van der Waals surface area contributed by atoms with Crippen LogP contribution in [0.1, 0.15) is 15.9 Å². The molecule has 1 amide bonds. The van der Waals surface area contributed by atoms with Gasteiger partial charge in [0.1, 0.15) is 17.5 Å². The van der Waals surface area contributed by atoms with Crippen LogP contribution in [-0.4, -0.2) is 31.8 Å². The fourth-order valence-corrected chi connectivity index (χ4v) is 3.62. The molecule has 0 atom stereocenters. The molecule has 4 rings (SSSR count). The second kappa shape index (κ2) is 8.99. The summed E-state index contributed by atoms with van der Waals surface area (Å²) in [5.74, 6) is -0.937. The average Bonchev–Trinajstić information content (AvgIpc) is 3.15. The van der Waals surface area contributed by atoms with Gasteiger partial charge >= 0.3 is 0 Å². The molecule has 0 aliphatic carbocycles. The average molecular weight is 505 g/mol. The van der Waals surface area contributed by atoms with Crippen molar-refractivity contribution in [3.8, 4) is 0 Å². The van der Waals surface area contributed by atoms with E-state index in [2.05, 4.69) is 31.3 Å². The molecule has 0 radical (unpaired) electrons. The Morgan fingerprint density at radius 1 is 1.19 bits per heavy atom. The van der Waals surface area contributed by atoms with E-state index in [0.29, 0.717) is 24.1 Å². The third kappa shape index (κ3) is 4.67. The van der Waals surface area contributed by atoms with Crippen molar-refractivity contribution < 1.29 is 9.18 Å². The lowest BCUT2D eigenvalue weighted by molar-refractivity contribution is 0.0952. The van der Waals surface area contributed by atoms with Crippen molar-refractivity contribution in [2.75, 3.05) is 6.54 Å². The van der Waals surface area contributed by atoms with Gasteiger partial charge in [0.25, 0.3) is 11.5 Å². The van der Waals surface area contributed by atoms with Crippen molar-refractivity contribution in [1.82, 2.24) is 24.6 Å². The second-order valence-electron chi connectivity index (χ2n) is 6.79. The van der Waals surface area contributed by atoms with Gasteiger partial charge < -0.3 is 5.32 Å². The molecule has 31 heavy (non-hydrogen) atoms. The lowest BCUT2D eigenvalue weighted by atomic mass is 10.2. The molecule has 2 heterocycles. The highest BCUT2D eigenvalue weighted by Gasteiger charge is 2.13. The first-order chi connectivity index (χ1) is 14.9. The Balaban J connectivity index is 1.45. The lowest BCUT2D eigenvalue weighted by Gasteiger charge is -2.08. The molecular weight excluding hydrogens is 489 g/mol. The molecular formula is C21H16BrClFN5O2. The number of nitrogens with zero attached hydrogens (tertiary/aromatic N) is 4. The molecule has 0 saturated carbocycles. The summed E-state index contributed by atoms with van der Waals surface area (Å²) in [7, 11) is 0. The lowest BCUT2D eigenvalue weighted by Crippen LogP contribution is -2.28. The molecule has 2 aromatic heterocycles. The SMILES string of the molecule is O=C(NCCn1ncc2c(=O)n(Cc3ccc(Br)cc3)cnc21)c1ccc(F)cc1Cl. The van der Waals surface area contributed by atoms with Crippen LogP contribution in [0.25, 0.3) is 11.0 Å². The first-order valence-electron chi connectivity index (χ1n) is 9.31. The van der Waals surface area contributed by atoms with Crippen LogP contribution < -0.4 is 10.9 Å². The summed E-state index contributed by atoms with van der Waals surface area (Å²) in [6.07, 6.45) is 2.96. The number of fused-ring (bicyclic) bond motifs is 1. The maximum absolute atomic E-state index is 13.1. The molecule has 2 aromatic carbocycles. The number of halogens is 3. The number of benzene rings is 2. The largest absolute Gasteiger partial charge is 0.350 e. The van der Waals surface area contributed by atoms with Gasteiger partial charge in [0, 0.05) is 11.0 Å². The minimum Gasteiger partial charge on any atom is -0.350 e. The highest BCUT2D eigenvalue weighted by atomic mass is 79.9. The molecule has 7 nitrogen and oxygen atoms in total. The molecule has 0 aliphatic heterocycles. The van der Waals surface area contributed by atoms with Gasteiger partial charge in [0.2, 0.25) is 0 Å². The number of amides is 1. The van der Waals surface area contributed by atoms with Gasteiger partial charge in [-0.2, -0.15) is 5.10 Å². The van der Waals surface area contributed by atoms with Crippen molar-refractivity contribution in [2.24, 2.45) is 0 Å². The van der Waals surface area contributed by atoms with Crippen LogP contribution in [0, 0.1) is 5.82 Å². The Bertz CT molecular complexity index is 1320. The molecule has 158 valence electrons. The Labute approximate surface area is 189 Å². The van der Waals surface area contributed by atoms with Gasteiger partial charge in [0.05, 0.1) is 29.9 Å². The zero-order chi connectivity index (χ0) is 22.0. The van der Waals surface area contributed by atoms with Crippen molar-refractivity contribution in [1.29, 1.82) is 0 Å². The molecule has 0 saturated heterocycles. The topological polar surface area (TPSA) is 81.8 Å². The van der Waals surface area contributed by atoms with E-state index in [0.717, 1.165) is 16.1 Å². The molecule has 4 aromatic rings. The van der Waals surface area contributed by atoms with Crippen molar-refractivity contribution in [3.05, 3.63) is 91.8 Å². The van der Waals surface area contributed by atoms with E-state index in [1.54, 1.807) is 4.68 Å². The Kier molecular flexibility index (Phi) is 6.15. The van der Waals surface area contributed by atoms with Gasteiger partial charge in [-0.1, -0.05) is 39.7 Å². The summed E-state index contributed by atoms with van der Waals surface area (Å²) in [4.78, 5) is 29.4. The first-order valence-corrected chi connectivity index (χ1v) is 10.5. The van der Waals surface area contributed by atoms with E-state index in [4.69, 9.17) is 11.6 Å². The van der Waals surface area contributed by atoms with E-state index in [1.807, 2.05) is 24.3 Å². The zero-order valence-electron chi connectivity index (χ0n) is 16.1. The van der Waals surface area contributed by atoms with Gasteiger partial charge in [-0.3, -0.25) is 14.2 Å². The summed E-state index contributed by atoms with van der Waals surface area (Å²) < 4.78 is 17.2. The van der Waals surface area contributed by atoms with Crippen LogP contribution in [0.2, 0.25) is 5.02 Å². The normalized spacial score (nSPS) is 11.1. The third-order valence-electron chi connectivity index (χ3n) is 4.67. The molecule has 0 bridgehead atoms. The highest BCUT2D eigenvalue weighted by molar-refractivity contribution is 9.10. The molecule has 0 spiro atoms. The summed E-state index contributed by atoms with van der Waals surface area (Å²) >= 11 is 9.30. The van der Waals surface area contributed by atoms with Crippen LogP contribution in [0.4, 0.5) is 4.39 Å². The predicted molar refractivity (Wildman–Crippen MR) is 119 cm³/mol. The Morgan fingerprint density at radius 2 is 1.97 bits per heavy atom. The van der Waals surface area contributed by atoms with Crippen molar-refractivity contribution in [3.63, 3.8) is 0 Å². The quantitative estimate of drug-likeness (QED) is 0.435. The second-order valence-corrected chi connectivity index (χ2v) is 8.11. The number of carbonyl (C=O) groups is 1. The highest BCUT2D eigenvalue weighted by Crippen LogP contribution is 2.17. The zero-order valence-corrected chi connectivity index (χ0v) is 18.4. The maximum Gasteiger partial charge on any atom is 0.264 e. The third-order valence-corrected chi connectivity index (χ3v) is 5.51. The summed E-state index contributed by atoms with van der Waals surface area (Å²) in [5, 5.41) is 7.36. The number of rotatable bonds is 6. The van der Waals surface area contributed by atoms with Gasteiger partial charge in [-0.25, -0.2) is 14.1 Å². The fourth-order valence-electron chi connectivity index (χ4n) is 3.10. The maximum atomic E-state index is 13.1. The van der Waals surface area contributed by atoms with Crippen LogP contribution in [0.15, 0.2) is 64.3 Å². The van der Waals surface area contributed by atoms with Crippen LogP contribution in [0.5, 0.6) is 0 Å². The summed E-state index contributed by atoms with van der Waals surface area (Å²) in [5.41, 5.74) is 1.40. The Hall–Kier alpha value is -3.04. The monoisotopic (exact) mass is 503 g/mol. The summed E-state index contributed by atoms with van der Waals surface area (Å²) in [6.45, 7) is 0.929. The van der Waals surface area contributed by atoms with Crippen molar-refractivity contribution in [2.45, 2.75) is 13.1 Å². The van der Waals surface area contributed by atoms with Crippen LogP contribution in [0.3, 0.4) is 0 Å². The minimum absolute atomic E-state index is 0.0371. The van der Waals surface area contributed by atoms with E-state index in [1.165, 1.54) is 29.2 Å². The van der Waals surface area contributed by atoms with Crippen molar-refractivity contribution >= 4 is 44.5 Å². The number of aromatic nitrogens is 4. The smallest absolute Gasteiger partial charge is 0.264 e. The van der Waals surface area contributed by atoms with Gasteiger partial charge in [0.15, 0.2) is 5.65 Å². The summed E-state index contributed by atoms with van der Waals surface area (Å²) in [6, 6.07) is 11.3. The first kappa shape index (κ1) is 21.2. The molecule has 0 unspecified atom stereocenters. The van der Waals surface area contributed by atoms with Crippen LogP contribution >= 0.6 is 27.5 Å². The van der Waals surface area contributed by atoms with Gasteiger partial charge in [-0.15, -0.1) is 0 Å². The van der Waals surface area contributed by atoms with E-state index < -0.39 is 11.7 Å². The van der Waals surface area contributed by atoms with E-state index in [9.17, 15) is 14.0 Å². The Morgan fingerprint density at radius 3 is 2.71 bits per heavy atom. The number of carbonyl (C=O) groups excluding carboxylic acids is 1. The molecule has 0 aliphatic rings. The van der Waals surface area contributed by atoms with E-state index in [-0.39, 0.29) is 22.7 Å². The number of hydrogen-bond donors (Lipinski definition) is 1. The van der Waals surface area contributed by atoms with E-state index >= 15 is 0 Å². The molecule has 10 heteroatoms. The molecule has 1 N–H and O–H groups in total. The minimum atomic E-state index is -0.513. The van der Waals surface area contributed by atoms with Crippen LogP contribution in [-0.2, 0) is 13.1 Å². The number of nitrogens with one attached hydrogen (secondary N) is 1. The standard InChI is InChI=1S/C21H16BrClFN5O2/c22-14-3-1-13(2-4-14)11-28-12-26-19-17(21(28)31)10-27-29(19)8-7-25-20(30)16-6-5-15(24)9-18(16)23/h1-6,9-10,12H,7-8,11H2,(H,25,30). The molecule has 0 fully saturated rings. The fraction of sp³-hybridized carbons (Fsp3) is 0.143. The number of hydrogen-bond acceptors (Lipinski definition) is 4. The van der Waals surface area contributed by atoms with Gasteiger partial charge in [-0.05, 0) is 35.9 Å². The predicted octanol–water partition coefficient (Wildman–Crippen LogP) is 3.63.